The molecule has 0 saturated carbocycles. The SMILES string of the molecule is CC(=O)O[C@@H]1C[C@@H](OCc2ccccc2)[C@@H](C)O[C@@H]1Sc1ccccc1. The number of carbonyl (C=O) groups excluding carboxylic acids is 1. The monoisotopic (exact) mass is 372 g/mol. The van der Waals surface area contributed by atoms with Gasteiger partial charge in [0, 0.05) is 18.2 Å². The molecule has 0 aromatic heterocycles. The maximum absolute atomic E-state index is 11.5. The minimum atomic E-state index is -0.338. The highest BCUT2D eigenvalue weighted by molar-refractivity contribution is 7.99. The van der Waals surface area contributed by atoms with E-state index >= 15 is 0 Å². The van der Waals surface area contributed by atoms with Gasteiger partial charge in [0.1, 0.15) is 11.5 Å². The second kappa shape index (κ2) is 9.21. The second-order valence-electron chi connectivity index (χ2n) is 6.36. The van der Waals surface area contributed by atoms with Crippen molar-refractivity contribution in [1.29, 1.82) is 0 Å². The molecule has 2 aromatic rings. The zero-order valence-corrected chi connectivity index (χ0v) is 15.9. The van der Waals surface area contributed by atoms with Crippen LogP contribution in [0.25, 0.3) is 0 Å². The lowest BCUT2D eigenvalue weighted by Gasteiger charge is -2.39. The molecule has 0 N–H and O–H groups in total. The van der Waals surface area contributed by atoms with Crippen LogP contribution in [0.2, 0.25) is 0 Å². The lowest BCUT2D eigenvalue weighted by molar-refractivity contribution is -0.180. The van der Waals surface area contributed by atoms with E-state index in [1.165, 1.54) is 6.92 Å². The summed E-state index contributed by atoms with van der Waals surface area (Å²) >= 11 is 1.58. The predicted molar refractivity (Wildman–Crippen MR) is 102 cm³/mol. The lowest BCUT2D eigenvalue weighted by atomic mass is 10.0. The van der Waals surface area contributed by atoms with Gasteiger partial charge in [0.25, 0.3) is 0 Å². The van der Waals surface area contributed by atoms with Gasteiger partial charge in [-0.3, -0.25) is 4.79 Å². The first-order valence-electron chi connectivity index (χ1n) is 8.81. The van der Waals surface area contributed by atoms with E-state index in [-0.39, 0.29) is 29.7 Å². The third-order valence-electron chi connectivity index (χ3n) is 4.26. The van der Waals surface area contributed by atoms with Crippen LogP contribution in [0.15, 0.2) is 65.6 Å². The summed E-state index contributed by atoms with van der Waals surface area (Å²) in [6, 6.07) is 20.0. The Balaban J connectivity index is 1.64. The van der Waals surface area contributed by atoms with E-state index in [1.54, 1.807) is 11.8 Å². The molecule has 4 atom stereocenters. The molecule has 2 aromatic carbocycles. The average Bonchev–Trinajstić information content (AvgIpc) is 2.64. The molecule has 1 saturated heterocycles. The molecule has 0 amide bonds. The second-order valence-corrected chi connectivity index (χ2v) is 7.53. The predicted octanol–water partition coefficient (Wildman–Crippen LogP) is 4.43. The summed E-state index contributed by atoms with van der Waals surface area (Å²) in [7, 11) is 0. The molecule has 1 aliphatic rings. The van der Waals surface area contributed by atoms with E-state index < -0.39 is 0 Å². The number of thioether (sulfide) groups is 1. The van der Waals surface area contributed by atoms with Crippen LogP contribution in [0, 0.1) is 0 Å². The first-order chi connectivity index (χ1) is 12.6. The Morgan fingerprint density at radius 2 is 1.73 bits per heavy atom. The fraction of sp³-hybridized carbons (Fsp3) is 0.381. The van der Waals surface area contributed by atoms with E-state index in [4.69, 9.17) is 14.2 Å². The Hall–Kier alpha value is -1.82. The van der Waals surface area contributed by atoms with Gasteiger partial charge >= 0.3 is 5.97 Å². The Morgan fingerprint density at radius 1 is 1.08 bits per heavy atom. The molecular weight excluding hydrogens is 348 g/mol. The zero-order valence-electron chi connectivity index (χ0n) is 15.0. The Kier molecular flexibility index (Phi) is 6.72. The van der Waals surface area contributed by atoms with Gasteiger partial charge in [-0.2, -0.15) is 0 Å². The summed E-state index contributed by atoms with van der Waals surface area (Å²) < 4.78 is 17.8. The molecule has 5 heteroatoms. The molecule has 0 aliphatic carbocycles. The zero-order chi connectivity index (χ0) is 18.4. The maximum atomic E-state index is 11.5. The van der Waals surface area contributed by atoms with Crippen molar-refractivity contribution < 1.29 is 19.0 Å². The summed E-state index contributed by atoms with van der Waals surface area (Å²) in [6.07, 6.45) is 0.0894. The van der Waals surface area contributed by atoms with Crippen LogP contribution < -0.4 is 0 Å². The number of rotatable bonds is 6. The van der Waals surface area contributed by atoms with Crippen molar-refractivity contribution in [3.8, 4) is 0 Å². The minimum Gasteiger partial charge on any atom is -0.459 e. The molecule has 26 heavy (non-hydrogen) atoms. The quantitative estimate of drug-likeness (QED) is 0.702. The smallest absolute Gasteiger partial charge is 0.303 e. The average molecular weight is 372 g/mol. The number of hydrogen-bond acceptors (Lipinski definition) is 5. The summed E-state index contributed by atoms with van der Waals surface area (Å²) in [5.74, 6) is -0.298. The standard InChI is InChI=1S/C21H24O4S/c1-15-19(23-14-17-9-5-3-6-10-17)13-20(25-16(2)22)21(24-15)26-18-11-7-4-8-12-18/h3-12,15,19-21H,13-14H2,1-2H3/t15-,19-,20-,21-/m1/s1. The third-order valence-corrected chi connectivity index (χ3v) is 5.45. The van der Waals surface area contributed by atoms with Gasteiger partial charge in [0.05, 0.1) is 18.8 Å². The largest absolute Gasteiger partial charge is 0.459 e. The van der Waals surface area contributed by atoms with Gasteiger partial charge in [0.2, 0.25) is 0 Å². The molecule has 0 unspecified atom stereocenters. The fourth-order valence-corrected chi connectivity index (χ4v) is 4.09. The van der Waals surface area contributed by atoms with E-state index in [2.05, 4.69) is 0 Å². The van der Waals surface area contributed by atoms with Crippen molar-refractivity contribution in [3.05, 3.63) is 66.2 Å². The van der Waals surface area contributed by atoms with Gasteiger partial charge in [-0.25, -0.2) is 0 Å². The third kappa shape index (κ3) is 5.34. The van der Waals surface area contributed by atoms with Gasteiger partial charge in [0.15, 0.2) is 0 Å². The van der Waals surface area contributed by atoms with E-state index in [9.17, 15) is 4.79 Å². The summed E-state index contributed by atoms with van der Waals surface area (Å²) in [5, 5.41) is 0. The number of hydrogen-bond donors (Lipinski definition) is 0. The van der Waals surface area contributed by atoms with Crippen LogP contribution in [0.3, 0.4) is 0 Å². The Labute approximate surface area is 158 Å². The Bertz CT molecular complexity index is 692. The molecular formula is C21H24O4S. The number of ether oxygens (including phenoxy) is 3. The van der Waals surface area contributed by atoms with Crippen LogP contribution in [0.5, 0.6) is 0 Å². The first-order valence-corrected chi connectivity index (χ1v) is 9.69. The Morgan fingerprint density at radius 3 is 2.38 bits per heavy atom. The van der Waals surface area contributed by atoms with Gasteiger partial charge < -0.3 is 14.2 Å². The van der Waals surface area contributed by atoms with Crippen molar-refractivity contribution in [2.75, 3.05) is 0 Å². The highest BCUT2D eigenvalue weighted by Crippen LogP contribution is 2.35. The van der Waals surface area contributed by atoms with E-state index in [0.29, 0.717) is 13.0 Å². The topological polar surface area (TPSA) is 44.8 Å². The van der Waals surface area contributed by atoms with Crippen LogP contribution >= 0.6 is 11.8 Å². The lowest BCUT2D eigenvalue weighted by Crippen LogP contribution is -2.47. The van der Waals surface area contributed by atoms with Crippen LogP contribution in [0.1, 0.15) is 25.8 Å². The van der Waals surface area contributed by atoms with Crippen molar-refractivity contribution in [2.24, 2.45) is 0 Å². The van der Waals surface area contributed by atoms with Crippen LogP contribution in [-0.2, 0) is 25.6 Å². The highest BCUT2D eigenvalue weighted by atomic mass is 32.2. The molecule has 0 spiro atoms. The first kappa shape index (κ1) is 19.0. The summed E-state index contributed by atoms with van der Waals surface area (Å²) in [5.41, 5.74) is 0.873. The molecule has 4 nitrogen and oxygen atoms in total. The molecule has 0 radical (unpaired) electrons. The molecule has 1 heterocycles. The molecule has 1 fully saturated rings. The van der Waals surface area contributed by atoms with Crippen molar-refractivity contribution in [2.45, 2.75) is 55.5 Å². The molecule has 138 valence electrons. The molecule has 0 bridgehead atoms. The molecule has 1 aliphatic heterocycles. The normalized spacial score (nSPS) is 25.6. The van der Waals surface area contributed by atoms with E-state index in [1.807, 2.05) is 67.6 Å². The van der Waals surface area contributed by atoms with Gasteiger partial charge in [-0.1, -0.05) is 60.3 Å². The van der Waals surface area contributed by atoms with Gasteiger partial charge in [-0.15, -0.1) is 0 Å². The highest BCUT2D eigenvalue weighted by Gasteiger charge is 2.39. The minimum absolute atomic E-state index is 0.0771. The number of esters is 1. The summed E-state index contributed by atoms with van der Waals surface area (Å²) in [6.45, 7) is 3.96. The van der Waals surface area contributed by atoms with Crippen molar-refractivity contribution >= 4 is 17.7 Å². The van der Waals surface area contributed by atoms with Crippen LogP contribution in [-0.4, -0.2) is 29.7 Å². The van der Waals surface area contributed by atoms with Crippen molar-refractivity contribution in [3.63, 3.8) is 0 Å². The number of carbonyl (C=O) groups is 1. The van der Waals surface area contributed by atoms with Gasteiger partial charge in [-0.05, 0) is 24.6 Å². The molecule has 3 rings (SSSR count). The van der Waals surface area contributed by atoms with E-state index in [0.717, 1.165) is 10.5 Å². The summed E-state index contributed by atoms with van der Waals surface area (Å²) in [4.78, 5) is 12.6. The number of benzene rings is 2. The fourth-order valence-electron chi connectivity index (χ4n) is 2.95. The van der Waals surface area contributed by atoms with Crippen LogP contribution in [0.4, 0.5) is 0 Å². The maximum Gasteiger partial charge on any atom is 0.303 e. The van der Waals surface area contributed by atoms with Crippen molar-refractivity contribution in [1.82, 2.24) is 0 Å².